The van der Waals surface area contributed by atoms with Crippen LogP contribution in [0.4, 0.5) is 5.82 Å². The first-order valence-electron chi connectivity index (χ1n) is 10.0. The van der Waals surface area contributed by atoms with Gasteiger partial charge in [-0.05, 0) is 37.5 Å². The number of sulfonamides is 1. The number of aryl methyl sites for hydroxylation is 1. The van der Waals surface area contributed by atoms with E-state index in [2.05, 4.69) is 46.0 Å². The molecule has 0 bridgehead atoms. The number of piperazine rings is 1. The number of nitrogens with zero attached hydrogens (tertiary/aromatic N) is 4. The molecule has 0 saturated carbocycles. The zero-order valence-corrected chi connectivity index (χ0v) is 17.2. The molecule has 2 aliphatic heterocycles. The molecule has 2 fully saturated rings. The Bertz CT molecular complexity index is 900. The molecular weight excluding hydrogens is 372 g/mol. The summed E-state index contributed by atoms with van der Waals surface area (Å²) in [5, 5.41) is 0. The SMILES string of the molecule is Cc1cccc(CN2CCN(c3ccc(S(=O)(=O)N4CCCC4)cn3)CC2)c1. The molecule has 0 atom stereocenters. The Balaban J connectivity index is 1.36. The lowest BCUT2D eigenvalue weighted by atomic mass is 10.1. The number of hydrogen-bond acceptors (Lipinski definition) is 5. The molecule has 0 radical (unpaired) electrons. The van der Waals surface area contributed by atoms with E-state index >= 15 is 0 Å². The lowest BCUT2D eigenvalue weighted by Gasteiger charge is -2.35. The quantitative estimate of drug-likeness (QED) is 0.772. The molecular formula is C21H28N4O2S. The van der Waals surface area contributed by atoms with E-state index in [1.165, 1.54) is 17.3 Å². The molecule has 0 N–H and O–H groups in total. The second-order valence-corrected chi connectivity index (χ2v) is 9.65. The van der Waals surface area contributed by atoms with Crippen molar-refractivity contribution in [1.29, 1.82) is 0 Å². The van der Waals surface area contributed by atoms with E-state index < -0.39 is 10.0 Å². The minimum Gasteiger partial charge on any atom is -0.354 e. The fourth-order valence-electron chi connectivity index (χ4n) is 3.99. The molecule has 6 nitrogen and oxygen atoms in total. The maximum absolute atomic E-state index is 12.6. The summed E-state index contributed by atoms with van der Waals surface area (Å²) < 4.78 is 26.8. The van der Waals surface area contributed by atoms with E-state index in [9.17, 15) is 8.42 Å². The van der Waals surface area contributed by atoms with Crippen molar-refractivity contribution in [1.82, 2.24) is 14.2 Å². The normalized spacial score (nSPS) is 19.2. The minimum absolute atomic E-state index is 0.302. The van der Waals surface area contributed by atoms with Gasteiger partial charge >= 0.3 is 0 Å². The van der Waals surface area contributed by atoms with E-state index in [0.717, 1.165) is 51.4 Å². The van der Waals surface area contributed by atoms with Crippen LogP contribution in [0.25, 0.3) is 0 Å². The van der Waals surface area contributed by atoms with Gasteiger partial charge in [0.1, 0.15) is 10.7 Å². The van der Waals surface area contributed by atoms with Gasteiger partial charge in [-0.15, -0.1) is 0 Å². The highest BCUT2D eigenvalue weighted by Crippen LogP contribution is 2.22. The lowest BCUT2D eigenvalue weighted by Crippen LogP contribution is -2.46. The van der Waals surface area contributed by atoms with Gasteiger partial charge in [0.25, 0.3) is 0 Å². The van der Waals surface area contributed by atoms with Gasteiger partial charge in [0.05, 0.1) is 0 Å². The topological polar surface area (TPSA) is 56.8 Å². The first-order chi connectivity index (χ1) is 13.5. The van der Waals surface area contributed by atoms with Crippen molar-refractivity contribution in [3.05, 3.63) is 53.7 Å². The summed E-state index contributed by atoms with van der Waals surface area (Å²) in [6.07, 6.45) is 3.40. The van der Waals surface area contributed by atoms with Crippen LogP contribution in [-0.4, -0.2) is 61.9 Å². The van der Waals surface area contributed by atoms with Crippen LogP contribution >= 0.6 is 0 Å². The molecule has 0 amide bonds. The smallest absolute Gasteiger partial charge is 0.244 e. The van der Waals surface area contributed by atoms with E-state index in [1.54, 1.807) is 10.4 Å². The third-order valence-electron chi connectivity index (χ3n) is 5.61. The van der Waals surface area contributed by atoms with Gasteiger partial charge in [-0.3, -0.25) is 4.90 Å². The van der Waals surface area contributed by atoms with Gasteiger partial charge in [-0.25, -0.2) is 13.4 Å². The molecule has 2 aromatic rings. The highest BCUT2D eigenvalue weighted by atomic mass is 32.2. The molecule has 0 aliphatic carbocycles. The average molecular weight is 401 g/mol. The van der Waals surface area contributed by atoms with Gasteiger partial charge in [0.2, 0.25) is 10.0 Å². The maximum atomic E-state index is 12.6. The largest absolute Gasteiger partial charge is 0.354 e. The van der Waals surface area contributed by atoms with Gasteiger partial charge in [0.15, 0.2) is 0 Å². The summed E-state index contributed by atoms with van der Waals surface area (Å²) in [5.41, 5.74) is 2.65. The van der Waals surface area contributed by atoms with Crippen LogP contribution in [0.2, 0.25) is 0 Å². The average Bonchev–Trinajstić information content (AvgIpc) is 3.25. The third-order valence-corrected chi connectivity index (χ3v) is 7.49. The Morgan fingerprint density at radius 1 is 0.964 bits per heavy atom. The lowest BCUT2D eigenvalue weighted by molar-refractivity contribution is 0.249. The Morgan fingerprint density at radius 2 is 1.71 bits per heavy atom. The summed E-state index contributed by atoms with van der Waals surface area (Å²) in [6.45, 7) is 8.08. The Labute approximate surface area is 167 Å². The second kappa shape index (κ2) is 8.19. The Morgan fingerprint density at radius 3 is 2.36 bits per heavy atom. The number of benzene rings is 1. The van der Waals surface area contributed by atoms with E-state index in [0.29, 0.717) is 18.0 Å². The molecule has 7 heteroatoms. The first kappa shape index (κ1) is 19.4. The van der Waals surface area contributed by atoms with Crippen LogP contribution in [0.15, 0.2) is 47.5 Å². The van der Waals surface area contributed by atoms with E-state index in [4.69, 9.17) is 0 Å². The molecule has 150 valence electrons. The molecule has 1 aromatic carbocycles. The standard InChI is InChI=1S/C21H28N4O2S/c1-18-5-4-6-19(15-18)17-23-11-13-24(14-12-23)21-8-7-20(16-22-21)28(26,27)25-9-2-3-10-25/h4-8,15-16H,2-3,9-14,17H2,1H3. The number of rotatable bonds is 5. The number of pyridine rings is 1. The number of hydrogen-bond donors (Lipinski definition) is 0. The van der Waals surface area contributed by atoms with Crippen molar-refractivity contribution in [2.75, 3.05) is 44.2 Å². The number of aromatic nitrogens is 1. The summed E-state index contributed by atoms with van der Waals surface area (Å²) in [4.78, 5) is 9.46. The summed E-state index contributed by atoms with van der Waals surface area (Å²) in [5.74, 6) is 0.857. The van der Waals surface area contributed by atoms with Crippen molar-refractivity contribution in [3.63, 3.8) is 0 Å². The molecule has 0 spiro atoms. The highest BCUT2D eigenvalue weighted by Gasteiger charge is 2.27. The Kier molecular flexibility index (Phi) is 5.66. The zero-order chi connectivity index (χ0) is 19.6. The third kappa shape index (κ3) is 4.21. The fraction of sp³-hybridized carbons (Fsp3) is 0.476. The molecule has 4 rings (SSSR count). The maximum Gasteiger partial charge on any atom is 0.244 e. The van der Waals surface area contributed by atoms with Gasteiger partial charge in [0, 0.05) is 52.0 Å². The predicted molar refractivity (Wildman–Crippen MR) is 111 cm³/mol. The number of anilines is 1. The monoisotopic (exact) mass is 400 g/mol. The first-order valence-corrected chi connectivity index (χ1v) is 11.5. The van der Waals surface area contributed by atoms with Gasteiger partial charge < -0.3 is 4.90 Å². The molecule has 3 heterocycles. The van der Waals surface area contributed by atoms with E-state index in [-0.39, 0.29) is 0 Å². The summed E-state index contributed by atoms with van der Waals surface area (Å²) in [7, 11) is -3.39. The van der Waals surface area contributed by atoms with Crippen LogP contribution < -0.4 is 4.90 Å². The molecule has 28 heavy (non-hydrogen) atoms. The Hall–Kier alpha value is -1.96. The van der Waals surface area contributed by atoms with Crippen molar-refractivity contribution < 1.29 is 8.42 Å². The van der Waals surface area contributed by atoms with Crippen molar-refractivity contribution in [2.45, 2.75) is 31.2 Å². The van der Waals surface area contributed by atoms with Crippen LogP contribution in [0.1, 0.15) is 24.0 Å². The fourth-order valence-corrected chi connectivity index (χ4v) is 5.46. The molecule has 2 saturated heterocycles. The highest BCUT2D eigenvalue weighted by molar-refractivity contribution is 7.89. The summed E-state index contributed by atoms with van der Waals surface area (Å²) in [6, 6.07) is 12.2. The molecule has 1 aromatic heterocycles. The van der Waals surface area contributed by atoms with Crippen LogP contribution in [0.3, 0.4) is 0 Å². The predicted octanol–water partition coefficient (Wildman–Crippen LogP) is 2.50. The summed E-state index contributed by atoms with van der Waals surface area (Å²) >= 11 is 0. The van der Waals surface area contributed by atoms with Crippen molar-refractivity contribution >= 4 is 15.8 Å². The van der Waals surface area contributed by atoms with Gasteiger partial charge in [-0.1, -0.05) is 29.8 Å². The van der Waals surface area contributed by atoms with E-state index in [1.807, 2.05) is 6.07 Å². The zero-order valence-electron chi connectivity index (χ0n) is 16.4. The van der Waals surface area contributed by atoms with Crippen molar-refractivity contribution in [3.8, 4) is 0 Å². The minimum atomic E-state index is -3.39. The van der Waals surface area contributed by atoms with Crippen molar-refractivity contribution in [2.24, 2.45) is 0 Å². The second-order valence-electron chi connectivity index (χ2n) is 7.72. The van der Waals surface area contributed by atoms with Crippen LogP contribution in [-0.2, 0) is 16.6 Å². The molecule has 0 unspecified atom stereocenters. The van der Waals surface area contributed by atoms with Gasteiger partial charge in [-0.2, -0.15) is 4.31 Å². The molecule has 2 aliphatic rings. The van der Waals surface area contributed by atoms with Crippen LogP contribution in [0, 0.1) is 6.92 Å². The van der Waals surface area contributed by atoms with Crippen LogP contribution in [0.5, 0.6) is 0 Å².